The monoisotopic (exact) mass is 516 g/mol. The van der Waals surface area contributed by atoms with Gasteiger partial charge in [0, 0.05) is 23.4 Å². The number of fused-ring (bicyclic) bond motifs is 1. The summed E-state index contributed by atoms with van der Waals surface area (Å²) in [4.78, 5) is 28.9. The second-order valence-corrected chi connectivity index (χ2v) is 9.48. The second-order valence-electron chi connectivity index (χ2n) is 8.51. The number of amides is 2. The number of aromatic nitrogens is 2. The van der Waals surface area contributed by atoms with E-state index in [2.05, 4.69) is 5.32 Å². The summed E-state index contributed by atoms with van der Waals surface area (Å²) in [7, 11) is 1.58. The number of nitrogens with one attached hydrogen (secondary N) is 1. The highest BCUT2D eigenvalue weighted by molar-refractivity contribution is 8.00. The van der Waals surface area contributed by atoms with Gasteiger partial charge in [0.25, 0.3) is 0 Å². The Bertz CT molecular complexity index is 1440. The first-order valence-corrected chi connectivity index (χ1v) is 12.7. The first kappa shape index (κ1) is 24.6. The smallest absolute Gasteiger partial charge is 0.248 e. The Balaban J connectivity index is 1.60. The minimum atomic E-state index is -1.00. The van der Waals surface area contributed by atoms with Gasteiger partial charge >= 0.3 is 0 Å². The molecule has 188 valence electrons. The highest BCUT2D eigenvalue weighted by atomic mass is 32.2. The number of carbonyl (C=O) groups is 2. The SMILES string of the molecule is COc1ccccc1CNC(=O)C1c2c(C)nn(-c3ccccc3)c2SCC(=O)N1c1ccc(F)cc1. The lowest BCUT2D eigenvalue weighted by atomic mass is 10.0. The fraction of sp³-hybridized carbons (Fsp3) is 0.179. The lowest BCUT2D eigenvalue weighted by Gasteiger charge is -2.29. The molecule has 0 spiro atoms. The summed E-state index contributed by atoms with van der Waals surface area (Å²) in [5, 5.41) is 8.46. The summed E-state index contributed by atoms with van der Waals surface area (Å²) in [6, 6.07) is 21.6. The van der Waals surface area contributed by atoms with Crippen LogP contribution in [0.1, 0.15) is 22.9 Å². The average molecular weight is 517 g/mol. The van der Waals surface area contributed by atoms with Crippen LogP contribution in [0.4, 0.5) is 10.1 Å². The van der Waals surface area contributed by atoms with E-state index in [1.165, 1.54) is 40.9 Å². The number of nitrogens with zero attached hydrogens (tertiary/aromatic N) is 3. The zero-order chi connectivity index (χ0) is 25.9. The van der Waals surface area contributed by atoms with Crippen molar-refractivity contribution in [3.8, 4) is 11.4 Å². The fourth-order valence-electron chi connectivity index (χ4n) is 4.46. The number of hydrogen-bond donors (Lipinski definition) is 1. The quantitative estimate of drug-likeness (QED) is 0.398. The summed E-state index contributed by atoms with van der Waals surface area (Å²) < 4.78 is 20.9. The molecular formula is C28H25FN4O3S. The molecule has 0 bridgehead atoms. The number of benzene rings is 3. The van der Waals surface area contributed by atoms with Crippen LogP contribution < -0.4 is 15.0 Å². The number of para-hydroxylation sites is 2. The Labute approximate surface area is 218 Å². The van der Waals surface area contributed by atoms with E-state index in [0.29, 0.717) is 22.7 Å². The Kier molecular flexibility index (Phi) is 6.96. The molecule has 3 aromatic carbocycles. The van der Waals surface area contributed by atoms with E-state index in [-0.39, 0.29) is 24.1 Å². The van der Waals surface area contributed by atoms with Crippen molar-refractivity contribution in [2.75, 3.05) is 17.8 Å². The molecule has 2 amide bonds. The van der Waals surface area contributed by atoms with Gasteiger partial charge in [-0.2, -0.15) is 5.10 Å². The van der Waals surface area contributed by atoms with Crippen LogP contribution >= 0.6 is 11.8 Å². The predicted octanol–water partition coefficient (Wildman–Crippen LogP) is 4.82. The van der Waals surface area contributed by atoms with Gasteiger partial charge in [-0.05, 0) is 49.4 Å². The molecule has 37 heavy (non-hydrogen) atoms. The summed E-state index contributed by atoms with van der Waals surface area (Å²) in [5.41, 5.74) is 3.34. The number of carbonyl (C=O) groups excluding carboxylic acids is 2. The molecule has 7 nitrogen and oxygen atoms in total. The third-order valence-electron chi connectivity index (χ3n) is 6.19. The van der Waals surface area contributed by atoms with Crippen LogP contribution in [0, 0.1) is 12.7 Å². The van der Waals surface area contributed by atoms with Crippen LogP contribution in [0.25, 0.3) is 5.69 Å². The van der Waals surface area contributed by atoms with E-state index in [1.807, 2.05) is 61.5 Å². The molecule has 9 heteroatoms. The summed E-state index contributed by atoms with van der Waals surface area (Å²) in [5.74, 6) is -0.309. The van der Waals surface area contributed by atoms with Gasteiger partial charge in [-0.25, -0.2) is 9.07 Å². The van der Waals surface area contributed by atoms with Crippen LogP contribution in [0.3, 0.4) is 0 Å². The van der Waals surface area contributed by atoms with Crippen molar-refractivity contribution in [2.24, 2.45) is 0 Å². The van der Waals surface area contributed by atoms with Crippen molar-refractivity contribution in [1.29, 1.82) is 0 Å². The van der Waals surface area contributed by atoms with Crippen LogP contribution in [0.15, 0.2) is 83.9 Å². The molecule has 1 atom stereocenters. The highest BCUT2D eigenvalue weighted by Gasteiger charge is 2.40. The standard InChI is InChI=1S/C28H25FN4O3S/c1-18-25-26(27(35)30-16-19-8-6-7-11-23(19)36-2)32(21-14-12-20(29)13-15-21)24(34)17-37-28(25)33(31-18)22-9-4-3-5-10-22/h3-15,26H,16-17H2,1-2H3,(H,30,35). The lowest BCUT2D eigenvalue weighted by molar-refractivity contribution is -0.126. The van der Waals surface area contributed by atoms with Gasteiger partial charge in [0.15, 0.2) is 0 Å². The van der Waals surface area contributed by atoms with E-state index in [9.17, 15) is 14.0 Å². The van der Waals surface area contributed by atoms with E-state index in [0.717, 1.165) is 16.3 Å². The van der Waals surface area contributed by atoms with Gasteiger partial charge in [-0.15, -0.1) is 0 Å². The minimum absolute atomic E-state index is 0.0959. The second kappa shape index (κ2) is 10.5. The van der Waals surface area contributed by atoms with E-state index in [4.69, 9.17) is 9.84 Å². The summed E-state index contributed by atoms with van der Waals surface area (Å²) >= 11 is 1.34. The zero-order valence-electron chi connectivity index (χ0n) is 20.3. The van der Waals surface area contributed by atoms with Gasteiger partial charge in [-0.1, -0.05) is 48.2 Å². The van der Waals surface area contributed by atoms with Crippen molar-refractivity contribution in [3.63, 3.8) is 0 Å². The molecule has 0 radical (unpaired) electrons. The zero-order valence-corrected chi connectivity index (χ0v) is 21.2. The molecule has 4 aromatic rings. The van der Waals surface area contributed by atoms with Crippen molar-refractivity contribution in [3.05, 3.63) is 102 Å². The number of halogens is 1. The lowest BCUT2D eigenvalue weighted by Crippen LogP contribution is -2.44. The largest absolute Gasteiger partial charge is 0.496 e. The topological polar surface area (TPSA) is 76.5 Å². The molecule has 1 aliphatic heterocycles. The number of hydrogen-bond acceptors (Lipinski definition) is 5. The third kappa shape index (κ3) is 4.82. The van der Waals surface area contributed by atoms with Crippen molar-refractivity contribution < 1.29 is 18.7 Å². The van der Waals surface area contributed by atoms with Gasteiger partial charge < -0.3 is 10.1 Å². The molecular weight excluding hydrogens is 491 g/mol. The molecule has 5 rings (SSSR count). The average Bonchev–Trinajstić information content (AvgIpc) is 3.16. The van der Waals surface area contributed by atoms with E-state index < -0.39 is 11.9 Å². The molecule has 0 aliphatic carbocycles. The van der Waals surface area contributed by atoms with Gasteiger partial charge in [-0.3, -0.25) is 14.5 Å². The highest BCUT2D eigenvalue weighted by Crippen LogP contribution is 2.41. The fourth-order valence-corrected chi connectivity index (χ4v) is 5.54. The van der Waals surface area contributed by atoms with Crippen LogP contribution in [0.2, 0.25) is 0 Å². The maximum Gasteiger partial charge on any atom is 0.248 e. The normalized spacial score (nSPS) is 15.2. The maximum atomic E-state index is 13.9. The molecule has 1 aromatic heterocycles. The minimum Gasteiger partial charge on any atom is -0.496 e. The van der Waals surface area contributed by atoms with Crippen molar-refractivity contribution >= 4 is 29.3 Å². The Morgan fingerprint density at radius 1 is 1.05 bits per heavy atom. The summed E-state index contributed by atoms with van der Waals surface area (Å²) in [6.07, 6.45) is 0. The predicted molar refractivity (Wildman–Crippen MR) is 140 cm³/mol. The third-order valence-corrected chi connectivity index (χ3v) is 7.25. The number of rotatable bonds is 6. The number of ether oxygens (including phenoxy) is 1. The van der Waals surface area contributed by atoms with Crippen LogP contribution in [-0.2, 0) is 16.1 Å². The Hall–Kier alpha value is -4.11. The molecule has 0 saturated carbocycles. The molecule has 1 aliphatic rings. The van der Waals surface area contributed by atoms with Crippen molar-refractivity contribution in [1.82, 2.24) is 15.1 Å². The number of aryl methyl sites for hydroxylation is 1. The molecule has 2 heterocycles. The maximum absolute atomic E-state index is 13.9. The van der Waals surface area contributed by atoms with Crippen LogP contribution in [-0.4, -0.2) is 34.5 Å². The molecule has 0 fully saturated rings. The van der Waals surface area contributed by atoms with E-state index in [1.54, 1.807) is 11.8 Å². The summed E-state index contributed by atoms with van der Waals surface area (Å²) in [6.45, 7) is 2.04. The molecule has 0 saturated heterocycles. The molecule has 1 N–H and O–H groups in total. The van der Waals surface area contributed by atoms with Gasteiger partial charge in [0.05, 0.1) is 24.2 Å². The Morgan fingerprint density at radius 3 is 2.49 bits per heavy atom. The first-order chi connectivity index (χ1) is 18.0. The number of anilines is 1. The molecule has 1 unspecified atom stereocenters. The van der Waals surface area contributed by atoms with Gasteiger partial charge in [0.2, 0.25) is 11.8 Å². The van der Waals surface area contributed by atoms with Crippen molar-refractivity contribution in [2.45, 2.75) is 24.5 Å². The van der Waals surface area contributed by atoms with E-state index >= 15 is 0 Å². The Morgan fingerprint density at radius 2 is 1.76 bits per heavy atom. The first-order valence-electron chi connectivity index (χ1n) is 11.7. The van der Waals surface area contributed by atoms with Crippen LogP contribution in [0.5, 0.6) is 5.75 Å². The number of thioether (sulfide) groups is 1. The number of methoxy groups -OCH3 is 1. The van der Waals surface area contributed by atoms with Gasteiger partial charge in [0.1, 0.15) is 22.6 Å².